The Hall–Kier alpha value is -0.510. The van der Waals surface area contributed by atoms with E-state index in [-0.39, 0.29) is 0 Å². The SMILES string of the molecule is CCC1CC(CC)n2nc(C(C)C)c(Br)c2N1. The molecule has 2 heterocycles. The number of hydrogen-bond donors (Lipinski definition) is 1. The maximum absolute atomic E-state index is 4.78. The molecule has 0 amide bonds. The summed E-state index contributed by atoms with van der Waals surface area (Å²) in [6, 6.07) is 1.13. The zero-order valence-corrected chi connectivity index (χ0v) is 12.7. The standard InChI is InChI=1S/C13H22BrN3/c1-5-9-7-10(6-2)17-13(15-9)11(14)12(16-17)8(3)4/h8-10,15H,5-7H2,1-4H3. The Balaban J connectivity index is 2.42. The quantitative estimate of drug-likeness (QED) is 0.901. The molecule has 1 N–H and O–H groups in total. The topological polar surface area (TPSA) is 29.9 Å². The van der Waals surface area contributed by atoms with Gasteiger partial charge in [0.1, 0.15) is 5.82 Å². The van der Waals surface area contributed by atoms with Crippen LogP contribution in [0.5, 0.6) is 0 Å². The van der Waals surface area contributed by atoms with Gasteiger partial charge in [-0.25, -0.2) is 4.68 Å². The maximum atomic E-state index is 4.78. The van der Waals surface area contributed by atoms with Crippen molar-refractivity contribution in [3.05, 3.63) is 10.2 Å². The van der Waals surface area contributed by atoms with E-state index in [9.17, 15) is 0 Å². The summed E-state index contributed by atoms with van der Waals surface area (Å²) in [5.41, 5.74) is 1.17. The normalized spacial score (nSPS) is 23.6. The van der Waals surface area contributed by atoms with Crippen molar-refractivity contribution in [3.8, 4) is 0 Å². The highest BCUT2D eigenvalue weighted by molar-refractivity contribution is 9.10. The molecule has 3 nitrogen and oxygen atoms in total. The molecular weight excluding hydrogens is 278 g/mol. The van der Waals surface area contributed by atoms with Crippen molar-refractivity contribution in [1.29, 1.82) is 0 Å². The largest absolute Gasteiger partial charge is 0.367 e. The fourth-order valence-corrected chi connectivity index (χ4v) is 3.32. The van der Waals surface area contributed by atoms with E-state index in [2.05, 4.69) is 53.6 Å². The van der Waals surface area contributed by atoms with E-state index in [4.69, 9.17) is 5.10 Å². The van der Waals surface area contributed by atoms with Crippen LogP contribution in [0.25, 0.3) is 0 Å². The fourth-order valence-electron chi connectivity index (χ4n) is 2.48. The van der Waals surface area contributed by atoms with Gasteiger partial charge in [0.25, 0.3) is 0 Å². The van der Waals surface area contributed by atoms with Crippen molar-refractivity contribution in [3.63, 3.8) is 0 Å². The van der Waals surface area contributed by atoms with Gasteiger partial charge in [0.2, 0.25) is 0 Å². The Morgan fingerprint density at radius 3 is 2.65 bits per heavy atom. The predicted octanol–water partition coefficient (Wildman–Crippen LogP) is 4.31. The van der Waals surface area contributed by atoms with E-state index >= 15 is 0 Å². The molecule has 17 heavy (non-hydrogen) atoms. The first kappa shape index (κ1) is 12.9. The van der Waals surface area contributed by atoms with Crippen molar-refractivity contribution in [2.45, 2.75) is 65.0 Å². The molecule has 0 aliphatic carbocycles. The summed E-state index contributed by atoms with van der Waals surface area (Å²) in [7, 11) is 0. The van der Waals surface area contributed by atoms with Crippen LogP contribution in [0, 0.1) is 0 Å². The van der Waals surface area contributed by atoms with Crippen molar-refractivity contribution < 1.29 is 0 Å². The summed E-state index contributed by atoms with van der Waals surface area (Å²) in [4.78, 5) is 0. The van der Waals surface area contributed by atoms with Gasteiger partial charge in [-0.3, -0.25) is 0 Å². The molecule has 0 radical (unpaired) electrons. The summed E-state index contributed by atoms with van der Waals surface area (Å²) in [5.74, 6) is 1.64. The molecule has 96 valence electrons. The van der Waals surface area contributed by atoms with E-state index in [1.807, 2.05) is 0 Å². The number of hydrogen-bond acceptors (Lipinski definition) is 2. The van der Waals surface area contributed by atoms with Gasteiger partial charge in [-0.05, 0) is 41.1 Å². The number of rotatable bonds is 3. The van der Waals surface area contributed by atoms with Crippen molar-refractivity contribution in [1.82, 2.24) is 9.78 Å². The Kier molecular flexibility index (Phi) is 3.81. The van der Waals surface area contributed by atoms with E-state index in [1.54, 1.807) is 0 Å². The lowest BCUT2D eigenvalue weighted by Gasteiger charge is -2.31. The van der Waals surface area contributed by atoms with Crippen LogP contribution in [0.2, 0.25) is 0 Å². The van der Waals surface area contributed by atoms with E-state index < -0.39 is 0 Å². The Morgan fingerprint density at radius 1 is 1.41 bits per heavy atom. The summed E-state index contributed by atoms with van der Waals surface area (Å²) < 4.78 is 3.34. The van der Waals surface area contributed by atoms with Gasteiger partial charge in [0, 0.05) is 6.04 Å². The molecule has 0 saturated carbocycles. The molecule has 0 bridgehead atoms. The lowest BCUT2D eigenvalue weighted by Crippen LogP contribution is -2.31. The van der Waals surface area contributed by atoms with Gasteiger partial charge < -0.3 is 5.32 Å². The van der Waals surface area contributed by atoms with E-state index in [0.29, 0.717) is 18.0 Å². The molecule has 1 aliphatic heterocycles. The number of fused-ring (bicyclic) bond motifs is 1. The monoisotopic (exact) mass is 299 g/mol. The summed E-state index contributed by atoms with van der Waals surface area (Å²) in [6.45, 7) is 8.87. The third kappa shape index (κ3) is 2.24. The molecule has 4 heteroatoms. The van der Waals surface area contributed by atoms with Crippen LogP contribution in [0.4, 0.5) is 5.82 Å². The lowest BCUT2D eigenvalue weighted by atomic mass is 10.0. The van der Waals surface area contributed by atoms with E-state index in [1.165, 1.54) is 24.4 Å². The first-order valence-corrected chi connectivity index (χ1v) is 7.42. The van der Waals surface area contributed by atoms with Crippen LogP contribution < -0.4 is 5.32 Å². The molecule has 0 aromatic carbocycles. The molecule has 1 aromatic heterocycles. The second-order valence-electron chi connectivity index (χ2n) is 5.19. The molecule has 1 aromatic rings. The number of anilines is 1. The highest BCUT2D eigenvalue weighted by atomic mass is 79.9. The third-order valence-electron chi connectivity index (χ3n) is 3.63. The van der Waals surface area contributed by atoms with Crippen molar-refractivity contribution >= 4 is 21.7 Å². The van der Waals surface area contributed by atoms with Crippen LogP contribution in [-0.4, -0.2) is 15.8 Å². The van der Waals surface area contributed by atoms with Crippen LogP contribution in [0.3, 0.4) is 0 Å². The second-order valence-corrected chi connectivity index (χ2v) is 5.99. The zero-order chi connectivity index (χ0) is 12.6. The first-order valence-electron chi connectivity index (χ1n) is 6.62. The molecule has 0 spiro atoms. The Morgan fingerprint density at radius 2 is 2.12 bits per heavy atom. The molecule has 2 atom stereocenters. The number of nitrogens with one attached hydrogen (secondary N) is 1. The smallest absolute Gasteiger partial charge is 0.139 e. The highest BCUT2D eigenvalue weighted by Crippen LogP contribution is 2.39. The Labute approximate surface area is 112 Å². The molecule has 2 unspecified atom stereocenters. The molecule has 2 rings (SSSR count). The third-order valence-corrected chi connectivity index (χ3v) is 4.41. The van der Waals surface area contributed by atoms with Crippen LogP contribution in [0.1, 0.15) is 64.6 Å². The molecular formula is C13H22BrN3. The molecule has 0 fully saturated rings. The zero-order valence-electron chi connectivity index (χ0n) is 11.1. The van der Waals surface area contributed by atoms with E-state index in [0.717, 1.165) is 10.9 Å². The van der Waals surface area contributed by atoms with Crippen molar-refractivity contribution in [2.24, 2.45) is 0 Å². The number of aromatic nitrogens is 2. The minimum atomic E-state index is 0.460. The molecule has 1 aliphatic rings. The minimum absolute atomic E-state index is 0.460. The fraction of sp³-hybridized carbons (Fsp3) is 0.769. The maximum Gasteiger partial charge on any atom is 0.139 e. The average Bonchev–Trinajstić information content (AvgIpc) is 2.66. The summed E-state index contributed by atoms with van der Waals surface area (Å²) in [5, 5.41) is 8.39. The lowest BCUT2D eigenvalue weighted by molar-refractivity contribution is 0.360. The second kappa shape index (κ2) is 5.01. The van der Waals surface area contributed by atoms with Gasteiger partial charge in [0.15, 0.2) is 0 Å². The average molecular weight is 300 g/mol. The van der Waals surface area contributed by atoms with Gasteiger partial charge in [0.05, 0.1) is 16.2 Å². The summed E-state index contributed by atoms with van der Waals surface area (Å²) in [6.07, 6.45) is 3.51. The van der Waals surface area contributed by atoms with Crippen molar-refractivity contribution in [2.75, 3.05) is 5.32 Å². The Bertz CT molecular complexity index is 398. The van der Waals surface area contributed by atoms with Gasteiger partial charge in [-0.2, -0.15) is 5.10 Å². The predicted molar refractivity (Wildman–Crippen MR) is 75.7 cm³/mol. The van der Waals surface area contributed by atoms with Crippen LogP contribution in [0.15, 0.2) is 4.47 Å². The van der Waals surface area contributed by atoms with Gasteiger partial charge in [-0.1, -0.05) is 27.7 Å². The molecule has 0 saturated heterocycles. The van der Waals surface area contributed by atoms with Gasteiger partial charge >= 0.3 is 0 Å². The number of halogens is 1. The van der Waals surface area contributed by atoms with Gasteiger partial charge in [-0.15, -0.1) is 0 Å². The van der Waals surface area contributed by atoms with Crippen LogP contribution in [-0.2, 0) is 0 Å². The highest BCUT2D eigenvalue weighted by Gasteiger charge is 2.29. The first-order chi connectivity index (χ1) is 8.08. The van der Waals surface area contributed by atoms with Crippen LogP contribution >= 0.6 is 15.9 Å². The number of nitrogens with zero attached hydrogens (tertiary/aromatic N) is 2. The summed E-state index contributed by atoms with van der Waals surface area (Å²) >= 11 is 3.71. The minimum Gasteiger partial charge on any atom is -0.367 e.